The van der Waals surface area contributed by atoms with Gasteiger partial charge < -0.3 is 9.84 Å². The normalized spacial score (nSPS) is 10.4. The van der Waals surface area contributed by atoms with Crippen molar-refractivity contribution >= 4 is 11.6 Å². The molecule has 0 aromatic carbocycles. The minimum absolute atomic E-state index is 0.0494. The second-order valence-electron chi connectivity index (χ2n) is 2.65. The molecule has 2 heterocycles. The standard InChI is InChI=1S/C7H6N4O4/c12-6(13)3-15-5-2-1-4-8-9-7(14)11(4)10-5/h1-2H,3H2,(H,9,14)(H,12,13). The average molecular weight is 210 g/mol. The van der Waals surface area contributed by atoms with Gasteiger partial charge in [0.2, 0.25) is 5.88 Å². The summed E-state index contributed by atoms with van der Waals surface area (Å²) < 4.78 is 5.77. The van der Waals surface area contributed by atoms with Gasteiger partial charge >= 0.3 is 11.7 Å². The maximum absolute atomic E-state index is 11.1. The van der Waals surface area contributed by atoms with E-state index >= 15 is 0 Å². The first kappa shape index (κ1) is 9.19. The van der Waals surface area contributed by atoms with Crippen LogP contribution in [0.2, 0.25) is 0 Å². The Bertz CT molecular complexity index is 557. The minimum atomic E-state index is -1.11. The lowest BCUT2D eigenvalue weighted by molar-refractivity contribution is -0.139. The van der Waals surface area contributed by atoms with Crippen LogP contribution < -0.4 is 10.4 Å². The SMILES string of the molecule is O=C(O)COc1ccc2n[nH]c(=O)n2n1. The van der Waals surface area contributed by atoms with Crippen LogP contribution in [0, 0.1) is 0 Å². The summed E-state index contributed by atoms with van der Waals surface area (Å²) in [6, 6.07) is 2.92. The zero-order chi connectivity index (χ0) is 10.8. The number of rotatable bonds is 3. The number of aliphatic carboxylic acids is 1. The first-order valence-electron chi connectivity index (χ1n) is 3.96. The van der Waals surface area contributed by atoms with Crippen molar-refractivity contribution in [2.24, 2.45) is 0 Å². The fourth-order valence-corrected chi connectivity index (χ4v) is 0.999. The fraction of sp³-hybridized carbons (Fsp3) is 0.143. The topological polar surface area (TPSA) is 110 Å². The van der Waals surface area contributed by atoms with E-state index in [0.29, 0.717) is 5.65 Å². The molecule has 0 unspecified atom stereocenters. The van der Waals surface area contributed by atoms with Gasteiger partial charge in [-0.3, -0.25) is 0 Å². The Hall–Kier alpha value is -2.38. The molecule has 0 aliphatic carbocycles. The molecule has 2 rings (SSSR count). The van der Waals surface area contributed by atoms with Crippen LogP contribution in [0.5, 0.6) is 5.88 Å². The van der Waals surface area contributed by atoms with Crippen LogP contribution in [0.3, 0.4) is 0 Å². The van der Waals surface area contributed by atoms with Gasteiger partial charge in [-0.1, -0.05) is 0 Å². The van der Waals surface area contributed by atoms with E-state index in [2.05, 4.69) is 15.3 Å². The second-order valence-corrected chi connectivity index (χ2v) is 2.65. The Morgan fingerprint density at radius 1 is 1.60 bits per heavy atom. The molecule has 2 aromatic heterocycles. The fourth-order valence-electron chi connectivity index (χ4n) is 0.999. The third-order valence-electron chi connectivity index (χ3n) is 1.59. The number of carboxylic acids is 1. The van der Waals surface area contributed by atoms with Crippen molar-refractivity contribution in [2.45, 2.75) is 0 Å². The predicted octanol–water partition coefficient (Wildman–Crippen LogP) is -1.12. The largest absolute Gasteiger partial charge is 0.479 e. The maximum Gasteiger partial charge on any atom is 0.364 e. The zero-order valence-electron chi connectivity index (χ0n) is 7.38. The molecule has 0 saturated carbocycles. The van der Waals surface area contributed by atoms with Crippen LogP contribution in [0.4, 0.5) is 0 Å². The number of fused-ring (bicyclic) bond motifs is 1. The number of aromatic amines is 1. The van der Waals surface area contributed by atoms with Crippen LogP contribution in [-0.2, 0) is 4.79 Å². The molecule has 78 valence electrons. The Labute approximate surface area is 82.1 Å². The summed E-state index contributed by atoms with van der Waals surface area (Å²) in [6.07, 6.45) is 0. The molecule has 0 amide bonds. The summed E-state index contributed by atoms with van der Waals surface area (Å²) >= 11 is 0. The van der Waals surface area contributed by atoms with Crippen molar-refractivity contribution in [3.8, 4) is 5.88 Å². The summed E-state index contributed by atoms with van der Waals surface area (Å²) in [5, 5.41) is 17.9. The van der Waals surface area contributed by atoms with Crippen molar-refractivity contribution in [3.63, 3.8) is 0 Å². The van der Waals surface area contributed by atoms with E-state index in [1.165, 1.54) is 12.1 Å². The van der Waals surface area contributed by atoms with Crippen LogP contribution in [0.15, 0.2) is 16.9 Å². The van der Waals surface area contributed by atoms with Gasteiger partial charge in [-0.2, -0.15) is 9.61 Å². The van der Waals surface area contributed by atoms with Crippen LogP contribution in [0.1, 0.15) is 0 Å². The average Bonchev–Trinajstić information content (AvgIpc) is 2.57. The van der Waals surface area contributed by atoms with Crippen LogP contribution in [-0.4, -0.2) is 37.5 Å². The number of nitrogens with one attached hydrogen (secondary N) is 1. The van der Waals surface area contributed by atoms with E-state index in [1.54, 1.807) is 0 Å². The van der Waals surface area contributed by atoms with Crippen LogP contribution >= 0.6 is 0 Å². The highest BCUT2D eigenvalue weighted by molar-refractivity contribution is 5.68. The highest BCUT2D eigenvalue weighted by atomic mass is 16.5. The summed E-state index contributed by atoms with van der Waals surface area (Å²) in [5.74, 6) is -1.06. The van der Waals surface area contributed by atoms with E-state index in [1.807, 2.05) is 0 Å². The van der Waals surface area contributed by atoms with Gasteiger partial charge in [0.25, 0.3) is 0 Å². The number of carbonyl (C=O) groups is 1. The molecule has 0 saturated heterocycles. The van der Waals surface area contributed by atoms with Gasteiger partial charge in [-0.15, -0.1) is 5.10 Å². The molecule has 0 bridgehead atoms. The highest BCUT2D eigenvalue weighted by Crippen LogP contribution is 2.04. The third-order valence-corrected chi connectivity index (χ3v) is 1.59. The number of hydrogen-bond donors (Lipinski definition) is 2. The van der Waals surface area contributed by atoms with Crippen LogP contribution in [0.25, 0.3) is 5.65 Å². The maximum atomic E-state index is 11.1. The van der Waals surface area contributed by atoms with E-state index in [-0.39, 0.29) is 5.88 Å². The zero-order valence-corrected chi connectivity index (χ0v) is 7.38. The van der Waals surface area contributed by atoms with Crippen molar-refractivity contribution in [2.75, 3.05) is 6.61 Å². The molecule has 8 nitrogen and oxygen atoms in total. The molecule has 0 radical (unpaired) electrons. The number of hydrogen-bond acceptors (Lipinski definition) is 5. The summed E-state index contributed by atoms with van der Waals surface area (Å²) in [5.41, 5.74) is -0.173. The number of H-pyrrole nitrogens is 1. The van der Waals surface area contributed by atoms with E-state index in [4.69, 9.17) is 9.84 Å². The van der Waals surface area contributed by atoms with Gasteiger partial charge in [0, 0.05) is 6.07 Å². The molecule has 2 aromatic rings. The predicted molar refractivity (Wildman–Crippen MR) is 46.7 cm³/mol. The smallest absolute Gasteiger partial charge is 0.364 e. The number of carboxylic acid groups (broad SMARTS) is 1. The first-order valence-corrected chi connectivity index (χ1v) is 3.96. The molecule has 0 aliphatic rings. The molecular weight excluding hydrogens is 204 g/mol. The van der Waals surface area contributed by atoms with Gasteiger partial charge in [0.1, 0.15) is 0 Å². The molecular formula is C7H6N4O4. The minimum Gasteiger partial charge on any atom is -0.479 e. The first-order chi connectivity index (χ1) is 7.16. The molecule has 15 heavy (non-hydrogen) atoms. The van der Waals surface area contributed by atoms with E-state index in [9.17, 15) is 9.59 Å². The van der Waals surface area contributed by atoms with Crippen molar-refractivity contribution in [1.82, 2.24) is 19.8 Å². The van der Waals surface area contributed by atoms with Crippen molar-refractivity contribution < 1.29 is 14.6 Å². The van der Waals surface area contributed by atoms with E-state index < -0.39 is 18.3 Å². The molecule has 8 heteroatoms. The monoisotopic (exact) mass is 210 g/mol. The molecule has 0 aliphatic heterocycles. The Balaban J connectivity index is 2.33. The second kappa shape index (κ2) is 3.40. The number of aromatic nitrogens is 4. The lowest BCUT2D eigenvalue weighted by Gasteiger charge is -2.00. The lowest BCUT2D eigenvalue weighted by Crippen LogP contribution is -2.15. The summed E-state index contributed by atoms with van der Waals surface area (Å²) in [7, 11) is 0. The lowest BCUT2D eigenvalue weighted by atomic mass is 10.5. The van der Waals surface area contributed by atoms with Gasteiger partial charge in [-0.05, 0) is 6.07 Å². The van der Waals surface area contributed by atoms with Gasteiger partial charge in [0.15, 0.2) is 12.3 Å². The molecule has 0 fully saturated rings. The number of ether oxygens (including phenoxy) is 1. The highest BCUT2D eigenvalue weighted by Gasteiger charge is 2.04. The molecule has 0 atom stereocenters. The van der Waals surface area contributed by atoms with Crippen molar-refractivity contribution in [1.29, 1.82) is 0 Å². The number of nitrogens with zero attached hydrogens (tertiary/aromatic N) is 3. The Kier molecular flexibility index (Phi) is 2.08. The van der Waals surface area contributed by atoms with Gasteiger partial charge in [-0.25, -0.2) is 14.7 Å². The molecule has 2 N–H and O–H groups in total. The quantitative estimate of drug-likeness (QED) is 0.664. The molecule has 0 spiro atoms. The van der Waals surface area contributed by atoms with Crippen molar-refractivity contribution in [3.05, 3.63) is 22.6 Å². The Morgan fingerprint density at radius 3 is 3.13 bits per heavy atom. The van der Waals surface area contributed by atoms with E-state index in [0.717, 1.165) is 4.52 Å². The third kappa shape index (κ3) is 1.77. The van der Waals surface area contributed by atoms with Gasteiger partial charge in [0.05, 0.1) is 0 Å². The summed E-state index contributed by atoms with van der Waals surface area (Å²) in [4.78, 5) is 21.3. The summed E-state index contributed by atoms with van der Waals surface area (Å²) in [6.45, 7) is -0.509. The Morgan fingerprint density at radius 2 is 2.40 bits per heavy atom.